The average molecular weight is 431 g/mol. The van der Waals surface area contributed by atoms with Crippen LogP contribution < -0.4 is 15.4 Å². The molecule has 0 saturated carbocycles. The molecular weight excluding hydrogens is 408 g/mol. The second-order valence-corrected chi connectivity index (χ2v) is 7.73. The third kappa shape index (κ3) is 5.46. The summed E-state index contributed by atoms with van der Waals surface area (Å²) in [5, 5.41) is 8.36. The molecular formula is C24H22N4O2S. The van der Waals surface area contributed by atoms with Gasteiger partial charge in [-0.3, -0.25) is 4.98 Å². The molecule has 2 aromatic heterocycles. The van der Waals surface area contributed by atoms with Gasteiger partial charge in [0.2, 0.25) is 0 Å². The minimum absolute atomic E-state index is 0.214. The van der Waals surface area contributed by atoms with Crippen LogP contribution in [0.4, 0.5) is 10.5 Å². The van der Waals surface area contributed by atoms with Gasteiger partial charge in [0, 0.05) is 29.0 Å². The number of urea groups is 1. The van der Waals surface area contributed by atoms with E-state index in [-0.39, 0.29) is 12.1 Å². The van der Waals surface area contributed by atoms with Crippen LogP contribution in [0.25, 0.3) is 11.1 Å². The maximum absolute atomic E-state index is 12.0. The van der Waals surface area contributed by atoms with Gasteiger partial charge in [-0.1, -0.05) is 48.5 Å². The van der Waals surface area contributed by atoms with E-state index in [1.54, 1.807) is 24.5 Å². The first-order chi connectivity index (χ1) is 15.2. The molecule has 1 atom stereocenters. The molecule has 4 aromatic rings. The van der Waals surface area contributed by atoms with E-state index in [1.807, 2.05) is 48.7 Å². The van der Waals surface area contributed by atoms with Gasteiger partial charge in [0.15, 0.2) is 0 Å². The lowest BCUT2D eigenvalue weighted by Crippen LogP contribution is -2.28. The van der Waals surface area contributed by atoms with Gasteiger partial charge in [-0.05, 0) is 30.7 Å². The van der Waals surface area contributed by atoms with E-state index in [0.717, 1.165) is 27.6 Å². The number of para-hydroxylation sites is 1. The van der Waals surface area contributed by atoms with Crippen LogP contribution in [0.1, 0.15) is 23.7 Å². The number of carbonyl (C=O) groups excluding carboxylic acids is 1. The Bertz CT molecular complexity index is 1130. The summed E-state index contributed by atoms with van der Waals surface area (Å²) in [5.41, 5.74) is 3.62. The van der Waals surface area contributed by atoms with Crippen LogP contribution in [0.3, 0.4) is 0 Å². The molecule has 2 amide bonds. The predicted molar refractivity (Wildman–Crippen MR) is 123 cm³/mol. The molecule has 156 valence electrons. The molecule has 0 spiro atoms. The zero-order chi connectivity index (χ0) is 21.5. The number of nitrogens with zero attached hydrogens (tertiary/aromatic N) is 2. The van der Waals surface area contributed by atoms with Gasteiger partial charge in [-0.25, -0.2) is 9.78 Å². The molecule has 1 unspecified atom stereocenters. The normalized spacial score (nSPS) is 11.5. The van der Waals surface area contributed by atoms with E-state index in [0.29, 0.717) is 12.2 Å². The molecule has 0 fully saturated rings. The quantitative estimate of drug-likeness (QED) is 0.396. The minimum atomic E-state index is -0.290. The van der Waals surface area contributed by atoms with E-state index in [2.05, 4.69) is 38.8 Å². The number of carbonyl (C=O) groups is 1. The van der Waals surface area contributed by atoms with E-state index >= 15 is 0 Å². The van der Waals surface area contributed by atoms with Crippen molar-refractivity contribution in [2.45, 2.75) is 19.6 Å². The SMILES string of the molecule is CC(Oc1ccccc1-c1ccccc1)c1nc(CNC(=O)Nc2ccncc2)cs1. The smallest absolute Gasteiger partial charge is 0.319 e. The molecule has 0 aliphatic heterocycles. The second-order valence-electron chi connectivity index (χ2n) is 6.84. The number of thiazole rings is 1. The average Bonchev–Trinajstić information content (AvgIpc) is 3.29. The highest BCUT2D eigenvalue weighted by Gasteiger charge is 2.15. The molecule has 7 heteroatoms. The van der Waals surface area contributed by atoms with Crippen molar-refractivity contribution in [1.29, 1.82) is 0 Å². The van der Waals surface area contributed by atoms with Crippen LogP contribution >= 0.6 is 11.3 Å². The molecule has 2 aromatic carbocycles. The van der Waals surface area contributed by atoms with Gasteiger partial charge in [0.05, 0.1) is 12.2 Å². The summed E-state index contributed by atoms with van der Waals surface area (Å²) >= 11 is 1.52. The van der Waals surface area contributed by atoms with Crippen LogP contribution in [0.2, 0.25) is 0 Å². The third-order valence-corrected chi connectivity index (χ3v) is 5.62. The van der Waals surface area contributed by atoms with Crippen molar-refractivity contribution in [3.8, 4) is 16.9 Å². The fourth-order valence-electron chi connectivity index (χ4n) is 3.04. The van der Waals surface area contributed by atoms with Crippen LogP contribution in [0, 0.1) is 0 Å². The molecule has 4 rings (SSSR count). The Morgan fingerprint density at radius 1 is 1.03 bits per heavy atom. The largest absolute Gasteiger partial charge is 0.483 e. The Balaban J connectivity index is 1.37. The third-order valence-electron chi connectivity index (χ3n) is 4.56. The first-order valence-corrected chi connectivity index (χ1v) is 10.8. The number of ether oxygens (including phenoxy) is 1. The summed E-state index contributed by atoms with van der Waals surface area (Å²) in [6.07, 6.45) is 3.04. The molecule has 31 heavy (non-hydrogen) atoms. The number of hydrogen-bond acceptors (Lipinski definition) is 5. The number of aromatic nitrogens is 2. The maximum Gasteiger partial charge on any atom is 0.319 e. The van der Waals surface area contributed by atoms with E-state index in [4.69, 9.17) is 4.74 Å². The predicted octanol–water partition coefficient (Wildman–Crippen LogP) is 5.67. The molecule has 0 aliphatic carbocycles. The number of benzene rings is 2. The van der Waals surface area contributed by atoms with Crippen LogP contribution in [0.15, 0.2) is 84.5 Å². The van der Waals surface area contributed by atoms with Crippen molar-refractivity contribution < 1.29 is 9.53 Å². The molecule has 2 heterocycles. The molecule has 0 radical (unpaired) electrons. The lowest BCUT2D eigenvalue weighted by Gasteiger charge is -2.16. The van der Waals surface area contributed by atoms with Gasteiger partial charge in [0.25, 0.3) is 0 Å². The first-order valence-electron chi connectivity index (χ1n) is 9.89. The van der Waals surface area contributed by atoms with Crippen LogP contribution in [0.5, 0.6) is 5.75 Å². The highest BCUT2D eigenvalue weighted by Crippen LogP contribution is 2.33. The Labute approximate surface area is 185 Å². The van der Waals surface area contributed by atoms with Crippen LogP contribution in [-0.2, 0) is 6.54 Å². The van der Waals surface area contributed by atoms with Crippen molar-refractivity contribution in [3.63, 3.8) is 0 Å². The Morgan fingerprint density at radius 3 is 2.58 bits per heavy atom. The maximum atomic E-state index is 12.0. The van der Waals surface area contributed by atoms with Gasteiger partial charge >= 0.3 is 6.03 Å². The first kappa shape index (κ1) is 20.6. The number of pyridine rings is 1. The number of nitrogens with one attached hydrogen (secondary N) is 2. The monoisotopic (exact) mass is 430 g/mol. The lowest BCUT2D eigenvalue weighted by atomic mass is 10.0. The lowest BCUT2D eigenvalue weighted by molar-refractivity contribution is 0.227. The molecule has 0 aliphatic rings. The van der Waals surface area contributed by atoms with Gasteiger partial charge in [-0.2, -0.15) is 0 Å². The summed E-state index contributed by atoms with van der Waals surface area (Å²) in [6, 6.07) is 21.3. The summed E-state index contributed by atoms with van der Waals surface area (Å²) in [6.45, 7) is 2.31. The van der Waals surface area contributed by atoms with Gasteiger partial charge in [-0.15, -0.1) is 11.3 Å². The number of amides is 2. The van der Waals surface area contributed by atoms with Gasteiger partial charge in [0.1, 0.15) is 16.9 Å². The Kier molecular flexibility index (Phi) is 6.54. The number of anilines is 1. The van der Waals surface area contributed by atoms with E-state index < -0.39 is 0 Å². The second kappa shape index (κ2) is 9.86. The molecule has 6 nitrogen and oxygen atoms in total. The molecule has 0 bridgehead atoms. The van der Waals surface area contributed by atoms with E-state index in [1.165, 1.54) is 11.3 Å². The number of hydrogen-bond donors (Lipinski definition) is 2. The molecule has 0 saturated heterocycles. The van der Waals surface area contributed by atoms with Crippen molar-refractivity contribution >= 4 is 23.1 Å². The fourth-order valence-corrected chi connectivity index (χ4v) is 3.84. The van der Waals surface area contributed by atoms with Crippen molar-refractivity contribution in [2.75, 3.05) is 5.32 Å². The Hall–Kier alpha value is -3.71. The summed E-state index contributed by atoms with van der Waals surface area (Å²) in [4.78, 5) is 20.6. The summed E-state index contributed by atoms with van der Waals surface area (Å²) in [7, 11) is 0. The highest BCUT2D eigenvalue weighted by molar-refractivity contribution is 7.09. The Morgan fingerprint density at radius 2 is 1.77 bits per heavy atom. The standard InChI is InChI=1S/C24H22N4O2S/c1-17(30-22-10-6-5-9-21(22)18-7-3-2-4-8-18)23-27-20(16-31-23)15-26-24(29)28-19-11-13-25-14-12-19/h2-14,16-17H,15H2,1H3,(H2,25,26,28,29). The van der Waals surface area contributed by atoms with E-state index in [9.17, 15) is 4.79 Å². The number of rotatable bonds is 7. The summed E-state index contributed by atoms with van der Waals surface area (Å²) in [5.74, 6) is 0.813. The minimum Gasteiger partial charge on any atom is -0.483 e. The topological polar surface area (TPSA) is 76.1 Å². The highest BCUT2D eigenvalue weighted by atomic mass is 32.1. The summed E-state index contributed by atoms with van der Waals surface area (Å²) < 4.78 is 6.25. The van der Waals surface area contributed by atoms with Crippen molar-refractivity contribution in [1.82, 2.24) is 15.3 Å². The van der Waals surface area contributed by atoms with Gasteiger partial charge < -0.3 is 15.4 Å². The van der Waals surface area contributed by atoms with Crippen molar-refractivity contribution in [3.05, 3.63) is 95.2 Å². The van der Waals surface area contributed by atoms with Crippen molar-refractivity contribution in [2.24, 2.45) is 0 Å². The fraction of sp³-hybridized carbons (Fsp3) is 0.125. The molecule has 2 N–H and O–H groups in total. The zero-order valence-corrected chi connectivity index (χ0v) is 17.8. The zero-order valence-electron chi connectivity index (χ0n) is 17.0. The van der Waals surface area contributed by atoms with Crippen LogP contribution in [-0.4, -0.2) is 16.0 Å².